The van der Waals surface area contributed by atoms with Crippen molar-refractivity contribution in [3.8, 4) is 22.7 Å². The number of hydrogen-bond donors (Lipinski definition) is 1. The van der Waals surface area contributed by atoms with Crippen molar-refractivity contribution in [1.82, 2.24) is 19.7 Å². The molecular formula is C19H17N5O2. The molecule has 0 atom stereocenters. The number of nitrogens with zero attached hydrogens (tertiary/aromatic N) is 4. The summed E-state index contributed by atoms with van der Waals surface area (Å²) in [6.45, 7) is 0.602. The number of hydrogen-bond acceptors (Lipinski definition) is 6. The second kappa shape index (κ2) is 7.10. The zero-order valence-electron chi connectivity index (χ0n) is 14.2. The molecule has 4 aromatic rings. The van der Waals surface area contributed by atoms with Crippen molar-refractivity contribution >= 4 is 5.95 Å². The minimum atomic E-state index is 0.556. The van der Waals surface area contributed by atoms with Gasteiger partial charge in [0.1, 0.15) is 5.75 Å². The Bertz CT molecular complexity index is 977. The summed E-state index contributed by atoms with van der Waals surface area (Å²) in [5.74, 6) is 1.37. The van der Waals surface area contributed by atoms with Crippen LogP contribution in [-0.2, 0) is 6.54 Å². The number of rotatable bonds is 6. The van der Waals surface area contributed by atoms with Gasteiger partial charge < -0.3 is 14.5 Å². The first-order valence-electron chi connectivity index (χ1n) is 8.09. The molecule has 0 spiro atoms. The summed E-state index contributed by atoms with van der Waals surface area (Å²) >= 11 is 0. The highest BCUT2D eigenvalue weighted by Gasteiger charge is 2.07. The van der Waals surface area contributed by atoms with Crippen LogP contribution in [0.5, 0.6) is 5.75 Å². The zero-order valence-corrected chi connectivity index (χ0v) is 14.2. The third-order valence-electron chi connectivity index (χ3n) is 3.90. The second-order valence-corrected chi connectivity index (χ2v) is 5.62. The highest BCUT2D eigenvalue weighted by Crippen LogP contribution is 2.20. The lowest BCUT2D eigenvalue weighted by atomic mass is 10.2. The molecular weight excluding hydrogens is 330 g/mol. The normalized spacial score (nSPS) is 10.7. The van der Waals surface area contributed by atoms with Gasteiger partial charge in [-0.3, -0.25) is 0 Å². The fourth-order valence-electron chi connectivity index (χ4n) is 2.51. The summed E-state index contributed by atoms with van der Waals surface area (Å²) in [5, 5.41) is 7.60. The van der Waals surface area contributed by atoms with Gasteiger partial charge in [-0.25, -0.2) is 14.6 Å². The second-order valence-electron chi connectivity index (χ2n) is 5.62. The first-order chi connectivity index (χ1) is 12.8. The molecule has 130 valence electrons. The van der Waals surface area contributed by atoms with E-state index in [1.165, 1.54) is 0 Å². The number of aromatic nitrogens is 4. The molecule has 0 aliphatic rings. The molecule has 0 aliphatic heterocycles. The number of furan rings is 1. The molecule has 0 saturated carbocycles. The number of ether oxygens (including phenoxy) is 1. The Kier molecular flexibility index (Phi) is 4.34. The van der Waals surface area contributed by atoms with Crippen molar-refractivity contribution in [2.75, 3.05) is 12.4 Å². The minimum Gasteiger partial charge on any atom is -0.497 e. The topological polar surface area (TPSA) is 78.0 Å². The van der Waals surface area contributed by atoms with Crippen LogP contribution in [0.15, 0.2) is 71.9 Å². The van der Waals surface area contributed by atoms with Crippen molar-refractivity contribution in [2.24, 2.45) is 0 Å². The van der Waals surface area contributed by atoms with Crippen LogP contribution in [-0.4, -0.2) is 26.9 Å². The van der Waals surface area contributed by atoms with Crippen LogP contribution in [0.4, 0.5) is 5.95 Å². The Hall–Kier alpha value is -3.61. The van der Waals surface area contributed by atoms with Gasteiger partial charge in [0.15, 0.2) is 0 Å². The van der Waals surface area contributed by atoms with E-state index in [-0.39, 0.29) is 0 Å². The van der Waals surface area contributed by atoms with Gasteiger partial charge in [0.05, 0.1) is 37.2 Å². The molecule has 0 bridgehead atoms. The summed E-state index contributed by atoms with van der Waals surface area (Å²) < 4.78 is 12.0. The Morgan fingerprint density at radius 1 is 1.15 bits per heavy atom. The highest BCUT2D eigenvalue weighted by atomic mass is 16.5. The predicted molar refractivity (Wildman–Crippen MR) is 97.2 cm³/mol. The van der Waals surface area contributed by atoms with Crippen molar-refractivity contribution in [3.05, 3.63) is 73.1 Å². The van der Waals surface area contributed by atoms with Gasteiger partial charge in [0.2, 0.25) is 5.95 Å². The lowest BCUT2D eigenvalue weighted by Crippen LogP contribution is -2.03. The van der Waals surface area contributed by atoms with Crippen molar-refractivity contribution in [3.63, 3.8) is 0 Å². The summed E-state index contributed by atoms with van der Waals surface area (Å²) in [6, 6.07) is 11.5. The van der Waals surface area contributed by atoms with Crippen molar-refractivity contribution < 1.29 is 9.15 Å². The lowest BCUT2D eigenvalue weighted by molar-refractivity contribution is 0.414. The van der Waals surface area contributed by atoms with E-state index in [1.54, 1.807) is 36.7 Å². The molecule has 4 rings (SSSR count). The van der Waals surface area contributed by atoms with Gasteiger partial charge in [-0.05, 0) is 36.4 Å². The Balaban J connectivity index is 1.52. The molecule has 3 aromatic heterocycles. The Morgan fingerprint density at radius 2 is 2.04 bits per heavy atom. The average molecular weight is 347 g/mol. The van der Waals surface area contributed by atoms with E-state index in [4.69, 9.17) is 9.15 Å². The van der Waals surface area contributed by atoms with Crippen LogP contribution < -0.4 is 10.1 Å². The first-order valence-corrected chi connectivity index (χ1v) is 8.09. The SMILES string of the molecule is COc1ccc(-n2cc(-c3ccnc(NCc4ccoc4)n3)cn2)cc1. The van der Waals surface area contributed by atoms with E-state index in [0.717, 1.165) is 28.3 Å². The van der Waals surface area contributed by atoms with Crippen molar-refractivity contribution in [1.29, 1.82) is 0 Å². The fourth-order valence-corrected chi connectivity index (χ4v) is 2.51. The monoisotopic (exact) mass is 347 g/mol. The molecule has 0 saturated heterocycles. The maximum Gasteiger partial charge on any atom is 0.223 e. The van der Waals surface area contributed by atoms with Gasteiger partial charge in [-0.15, -0.1) is 0 Å². The molecule has 3 heterocycles. The molecule has 7 nitrogen and oxygen atoms in total. The molecule has 0 fully saturated rings. The minimum absolute atomic E-state index is 0.556. The van der Waals surface area contributed by atoms with Crippen molar-refractivity contribution in [2.45, 2.75) is 6.54 Å². The van der Waals surface area contributed by atoms with Gasteiger partial charge in [-0.2, -0.15) is 5.10 Å². The Morgan fingerprint density at radius 3 is 2.81 bits per heavy atom. The average Bonchev–Trinajstić information content (AvgIpc) is 3.39. The smallest absolute Gasteiger partial charge is 0.223 e. The van der Waals surface area contributed by atoms with Crippen LogP contribution in [0.3, 0.4) is 0 Å². The molecule has 7 heteroatoms. The fraction of sp³-hybridized carbons (Fsp3) is 0.105. The number of nitrogens with one attached hydrogen (secondary N) is 1. The maximum atomic E-state index is 5.18. The summed E-state index contributed by atoms with van der Waals surface area (Å²) in [6.07, 6.45) is 8.78. The van der Waals surface area contributed by atoms with Gasteiger partial charge in [-0.1, -0.05) is 0 Å². The quantitative estimate of drug-likeness (QED) is 0.575. The van der Waals surface area contributed by atoms with Crippen LogP contribution >= 0.6 is 0 Å². The molecule has 0 unspecified atom stereocenters. The predicted octanol–water partition coefficient (Wildman–Crippen LogP) is 3.54. The zero-order chi connectivity index (χ0) is 17.8. The number of methoxy groups -OCH3 is 1. The van der Waals surface area contributed by atoms with E-state index >= 15 is 0 Å². The van der Waals surface area contributed by atoms with Crippen LogP contribution in [0, 0.1) is 0 Å². The number of benzene rings is 1. The molecule has 26 heavy (non-hydrogen) atoms. The molecule has 0 radical (unpaired) electrons. The van der Waals surface area contributed by atoms with Gasteiger partial charge >= 0.3 is 0 Å². The summed E-state index contributed by atoms with van der Waals surface area (Å²) in [5.41, 5.74) is 3.69. The van der Waals surface area contributed by atoms with E-state index < -0.39 is 0 Å². The van der Waals surface area contributed by atoms with Crippen LogP contribution in [0.2, 0.25) is 0 Å². The van der Waals surface area contributed by atoms with E-state index in [2.05, 4.69) is 20.4 Å². The van der Waals surface area contributed by atoms with E-state index in [0.29, 0.717) is 12.5 Å². The standard InChI is InChI=1S/C19H17N5O2/c1-25-17-4-2-16(3-5-17)24-12-15(11-22-24)18-6-8-20-19(23-18)21-10-14-7-9-26-13-14/h2-9,11-13H,10H2,1H3,(H,20,21,23). The molecule has 0 amide bonds. The summed E-state index contributed by atoms with van der Waals surface area (Å²) in [7, 11) is 1.65. The van der Waals surface area contributed by atoms with E-state index in [9.17, 15) is 0 Å². The lowest BCUT2D eigenvalue weighted by Gasteiger charge is -2.04. The van der Waals surface area contributed by atoms with E-state index in [1.807, 2.05) is 42.6 Å². The largest absolute Gasteiger partial charge is 0.497 e. The van der Waals surface area contributed by atoms with Crippen LogP contribution in [0.1, 0.15) is 5.56 Å². The first kappa shape index (κ1) is 15.9. The van der Waals surface area contributed by atoms with Gasteiger partial charge in [0.25, 0.3) is 0 Å². The molecule has 1 N–H and O–H groups in total. The Labute approximate surface area is 150 Å². The van der Waals surface area contributed by atoms with Gasteiger partial charge in [0, 0.05) is 30.1 Å². The van der Waals surface area contributed by atoms with Crippen LogP contribution in [0.25, 0.3) is 16.9 Å². The third-order valence-corrected chi connectivity index (χ3v) is 3.90. The number of anilines is 1. The summed E-state index contributed by atoms with van der Waals surface area (Å²) in [4.78, 5) is 8.81. The third kappa shape index (κ3) is 3.41. The molecule has 0 aliphatic carbocycles. The highest BCUT2D eigenvalue weighted by molar-refractivity contribution is 5.58. The molecule has 1 aromatic carbocycles. The maximum absolute atomic E-state index is 5.18.